The van der Waals surface area contributed by atoms with Gasteiger partial charge in [-0.1, -0.05) is 11.8 Å². The van der Waals surface area contributed by atoms with Gasteiger partial charge in [0.15, 0.2) is 0 Å². The Labute approximate surface area is 206 Å². The van der Waals surface area contributed by atoms with Crippen LogP contribution in [0.15, 0.2) is 72.8 Å². The number of benzene rings is 3. The van der Waals surface area contributed by atoms with E-state index in [1.165, 1.54) is 17.6 Å². The van der Waals surface area contributed by atoms with Crippen LogP contribution in [-0.4, -0.2) is 42.1 Å². The van der Waals surface area contributed by atoms with Gasteiger partial charge < -0.3 is 21.7 Å². The average Bonchev–Trinajstić information content (AvgIpc) is 2.90. The summed E-state index contributed by atoms with van der Waals surface area (Å²) in [5.41, 5.74) is 9.82. The van der Waals surface area contributed by atoms with E-state index in [0.717, 1.165) is 5.56 Å². The number of nitrogens with two attached hydrogens (primary N) is 1. The summed E-state index contributed by atoms with van der Waals surface area (Å²) in [6.07, 6.45) is 0. The van der Waals surface area contributed by atoms with Crippen LogP contribution in [0.25, 0.3) is 0 Å². The summed E-state index contributed by atoms with van der Waals surface area (Å²) < 4.78 is 12.9. The molecule has 0 aliphatic carbocycles. The summed E-state index contributed by atoms with van der Waals surface area (Å²) in [7, 11) is 0. The minimum Gasteiger partial charge on any atom is -0.376 e. The lowest BCUT2D eigenvalue weighted by molar-refractivity contribution is -0.130. The predicted octanol–water partition coefficient (Wildman–Crippen LogP) is 1.84. The molecular weight excluding hydrogens is 465 g/mol. The first-order valence-electron chi connectivity index (χ1n) is 10.8. The molecule has 1 atom stereocenters. The molecule has 3 rings (SSSR count). The Kier molecular flexibility index (Phi) is 9.11. The Morgan fingerprint density at radius 1 is 0.861 bits per heavy atom. The number of nitrogens with one attached hydrogen (secondary N) is 4. The molecule has 0 heterocycles. The number of hydrogen-bond donors (Lipinski definition) is 6. The van der Waals surface area contributed by atoms with Crippen LogP contribution in [0, 0.1) is 17.7 Å². The van der Waals surface area contributed by atoms with E-state index in [0.29, 0.717) is 22.5 Å². The SMILES string of the molecule is NC[C@H](NC(=O)c1ccc(C#Cc2ccc(NC(=O)CNc3ccc(F)cc3)cc2)cc1)C(=O)NO. The Hall–Kier alpha value is -4.72. The van der Waals surface area contributed by atoms with E-state index in [1.807, 2.05) is 0 Å². The lowest BCUT2D eigenvalue weighted by atomic mass is 10.1. The van der Waals surface area contributed by atoms with Crippen LogP contribution in [0.1, 0.15) is 21.5 Å². The number of rotatable bonds is 8. The van der Waals surface area contributed by atoms with E-state index < -0.39 is 17.9 Å². The van der Waals surface area contributed by atoms with Gasteiger partial charge in [0.2, 0.25) is 5.91 Å². The third-order valence-corrected chi connectivity index (χ3v) is 4.93. The van der Waals surface area contributed by atoms with Crippen LogP contribution in [0.2, 0.25) is 0 Å². The molecule has 36 heavy (non-hydrogen) atoms. The van der Waals surface area contributed by atoms with Gasteiger partial charge in [0.05, 0.1) is 6.54 Å². The maximum atomic E-state index is 12.9. The molecule has 0 aliphatic heterocycles. The number of hydroxylamine groups is 1. The minimum atomic E-state index is -1.05. The lowest BCUT2D eigenvalue weighted by Crippen LogP contribution is -2.50. The van der Waals surface area contributed by atoms with Crippen molar-refractivity contribution < 1.29 is 24.0 Å². The zero-order chi connectivity index (χ0) is 25.9. The Balaban J connectivity index is 1.52. The third kappa shape index (κ3) is 7.66. The second-order valence-electron chi connectivity index (χ2n) is 7.55. The molecule has 0 bridgehead atoms. The molecule has 10 heteroatoms. The van der Waals surface area contributed by atoms with E-state index in [4.69, 9.17) is 10.9 Å². The molecule has 0 fully saturated rings. The molecule has 7 N–H and O–H groups in total. The molecule has 0 radical (unpaired) electrons. The van der Waals surface area contributed by atoms with Gasteiger partial charge >= 0.3 is 0 Å². The number of amides is 3. The first-order valence-corrected chi connectivity index (χ1v) is 10.8. The monoisotopic (exact) mass is 489 g/mol. The van der Waals surface area contributed by atoms with Crippen molar-refractivity contribution in [3.63, 3.8) is 0 Å². The smallest absolute Gasteiger partial charge is 0.267 e. The Bertz CT molecular complexity index is 1270. The van der Waals surface area contributed by atoms with Crippen LogP contribution in [0.3, 0.4) is 0 Å². The van der Waals surface area contributed by atoms with Crippen LogP contribution < -0.4 is 27.2 Å². The fraction of sp³-hybridized carbons (Fsp3) is 0.115. The highest BCUT2D eigenvalue weighted by Crippen LogP contribution is 2.11. The first kappa shape index (κ1) is 25.9. The van der Waals surface area contributed by atoms with Crippen molar-refractivity contribution in [2.75, 3.05) is 23.7 Å². The number of hydrogen-bond acceptors (Lipinski definition) is 6. The van der Waals surface area contributed by atoms with Gasteiger partial charge in [0.1, 0.15) is 11.9 Å². The van der Waals surface area contributed by atoms with E-state index in [2.05, 4.69) is 27.8 Å². The van der Waals surface area contributed by atoms with Crippen LogP contribution in [-0.2, 0) is 9.59 Å². The van der Waals surface area contributed by atoms with Crippen LogP contribution >= 0.6 is 0 Å². The summed E-state index contributed by atoms with van der Waals surface area (Å²) >= 11 is 0. The van der Waals surface area contributed by atoms with Crippen LogP contribution in [0.5, 0.6) is 0 Å². The lowest BCUT2D eigenvalue weighted by Gasteiger charge is -2.14. The molecule has 0 aromatic heterocycles. The number of carbonyl (C=O) groups is 3. The largest absolute Gasteiger partial charge is 0.376 e. The van der Waals surface area contributed by atoms with Crippen molar-refractivity contribution in [1.29, 1.82) is 0 Å². The van der Waals surface area contributed by atoms with Crippen molar-refractivity contribution in [2.24, 2.45) is 5.73 Å². The van der Waals surface area contributed by atoms with E-state index in [1.54, 1.807) is 60.7 Å². The second kappa shape index (κ2) is 12.7. The second-order valence-corrected chi connectivity index (χ2v) is 7.55. The molecule has 0 saturated carbocycles. The van der Waals surface area contributed by atoms with Crippen molar-refractivity contribution in [3.05, 3.63) is 95.3 Å². The summed E-state index contributed by atoms with van der Waals surface area (Å²) in [4.78, 5) is 35.8. The van der Waals surface area contributed by atoms with Gasteiger partial charge in [-0.05, 0) is 72.8 Å². The zero-order valence-electron chi connectivity index (χ0n) is 19.0. The molecule has 3 amide bonds. The predicted molar refractivity (Wildman–Crippen MR) is 133 cm³/mol. The normalized spacial score (nSPS) is 10.9. The van der Waals surface area contributed by atoms with Crippen LogP contribution in [0.4, 0.5) is 15.8 Å². The molecule has 9 nitrogen and oxygen atoms in total. The number of halogens is 1. The van der Waals surface area contributed by atoms with Gasteiger partial charge in [-0.25, -0.2) is 9.87 Å². The quantitative estimate of drug-likeness (QED) is 0.162. The topological polar surface area (TPSA) is 146 Å². The number of anilines is 2. The van der Waals surface area contributed by atoms with E-state index >= 15 is 0 Å². The average molecular weight is 490 g/mol. The maximum absolute atomic E-state index is 12.9. The van der Waals surface area contributed by atoms with Gasteiger partial charge in [-0.15, -0.1) is 0 Å². The van der Waals surface area contributed by atoms with Crippen molar-refractivity contribution in [2.45, 2.75) is 6.04 Å². The first-order chi connectivity index (χ1) is 17.4. The zero-order valence-corrected chi connectivity index (χ0v) is 19.0. The summed E-state index contributed by atoms with van der Waals surface area (Å²) in [5.74, 6) is 4.07. The Morgan fingerprint density at radius 3 is 1.97 bits per heavy atom. The van der Waals surface area contributed by atoms with Gasteiger partial charge in [-0.2, -0.15) is 0 Å². The fourth-order valence-corrected chi connectivity index (χ4v) is 2.99. The summed E-state index contributed by atoms with van der Waals surface area (Å²) in [5, 5.41) is 16.8. The minimum absolute atomic E-state index is 0.0305. The fourth-order valence-electron chi connectivity index (χ4n) is 2.99. The summed E-state index contributed by atoms with van der Waals surface area (Å²) in [6, 6.07) is 18.1. The molecule has 0 aliphatic rings. The molecule has 0 unspecified atom stereocenters. The van der Waals surface area contributed by atoms with Gasteiger partial charge in [-0.3, -0.25) is 19.6 Å². The van der Waals surface area contributed by atoms with E-state index in [-0.39, 0.29) is 24.8 Å². The molecular formula is C26H24FN5O4. The number of carbonyl (C=O) groups excluding carboxylic acids is 3. The van der Waals surface area contributed by atoms with Crippen molar-refractivity contribution >= 4 is 29.1 Å². The standard InChI is InChI=1S/C26H24FN5O4/c27-20-9-13-21(14-10-20)29-16-24(33)30-22-11-5-18(6-12-22)2-1-17-3-7-19(8-4-17)25(34)31-23(15-28)26(35)32-36/h3-14,23,29,36H,15-16,28H2,(H,30,33)(H,31,34)(H,32,35)/t23-/m0/s1. The highest BCUT2D eigenvalue weighted by Gasteiger charge is 2.19. The molecule has 0 saturated heterocycles. The maximum Gasteiger partial charge on any atom is 0.267 e. The summed E-state index contributed by atoms with van der Waals surface area (Å²) in [6.45, 7) is -0.139. The molecule has 3 aromatic rings. The van der Waals surface area contributed by atoms with Crippen molar-refractivity contribution in [3.8, 4) is 11.8 Å². The van der Waals surface area contributed by atoms with Gasteiger partial charge in [0, 0.05) is 34.6 Å². The van der Waals surface area contributed by atoms with Crippen molar-refractivity contribution in [1.82, 2.24) is 10.8 Å². The molecule has 184 valence electrons. The third-order valence-electron chi connectivity index (χ3n) is 4.93. The Morgan fingerprint density at radius 2 is 1.42 bits per heavy atom. The molecule has 0 spiro atoms. The highest BCUT2D eigenvalue weighted by atomic mass is 19.1. The molecule has 3 aromatic carbocycles. The highest BCUT2D eigenvalue weighted by molar-refractivity contribution is 5.97. The van der Waals surface area contributed by atoms with E-state index in [9.17, 15) is 18.8 Å². The van der Waals surface area contributed by atoms with Gasteiger partial charge in [0.25, 0.3) is 11.8 Å².